The maximum absolute atomic E-state index is 13.0. The molecule has 2 aromatic carbocycles. The molecule has 0 atom stereocenters. The largest absolute Gasteiger partial charge is 0.416 e. The number of hydrogen-bond donors (Lipinski definition) is 1. The van der Waals surface area contributed by atoms with Crippen LogP contribution in [0.1, 0.15) is 32.7 Å². The van der Waals surface area contributed by atoms with Gasteiger partial charge in [-0.2, -0.15) is 13.2 Å². The van der Waals surface area contributed by atoms with Crippen molar-refractivity contribution in [1.82, 2.24) is 10.3 Å². The third-order valence-corrected chi connectivity index (χ3v) is 4.65. The molecule has 146 valence electrons. The molecule has 1 N–H and O–H groups in total. The molecule has 0 aliphatic carbocycles. The minimum absolute atomic E-state index is 0.271. The maximum Gasteiger partial charge on any atom is 0.416 e. The van der Waals surface area contributed by atoms with Crippen LogP contribution in [0.5, 0.6) is 0 Å². The standard InChI is InChI=1S/C22H16F3N3O/c23-22(24,25)16-7-3-5-14(11-16)19-12-15-6-4-9-18(20(15)28-19)21(29)27-13-17-8-1-2-10-26-17/h1-11H,12-13H2,(H,27,29). The van der Waals surface area contributed by atoms with Gasteiger partial charge in [-0.1, -0.05) is 30.3 Å². The summed E-state index contributed by atoms with van der Waals surface area (Å²) in [5.74, 6) is -0.304. The van der Waals surface area contributed by atoms with E-state index in [0.717, 1.165) is 23.4 Å². The normalized spacial score (nSPS) is 13.0. The molecule has 0 saturated carbocycles. The summed E-state index contributed by atoms with van der Waals surface area (Å²) in [7, 11) is 0. The molecule has 0 spiro atoms. The van der Waals surface area contributed by atoms with Crippen molar-refractivity contribution in [2.45, 2.75) is 19.1 Å². The Labute approximate surface area is 165 Å². The Morgan fingerprint density at radius 3 is 2.62 bits per heavy atom. The Hall–Kier alpha value is -3.48. The highest BCUT2D eigenvalue weighted by atomic mass is 19.4. The van der Waals surface area contributed by atoms with E-state index in [9.17, 15) is 18.0 Å². The first-order valence-electron chi connectivity index (χ1n) is 8.97. The molecule has 7 heteroatoms. The average molecular weight is 395 g/mol. The van der Waals surface area contributed by atoms with Gasteiger partial charge >= 0.3 is 6.18 Å². The molecule has 1 amide bonds. The Kier molecular flexibility index (Phi) is 4.88. The summed E-state index contributed by atoms with van der Waals surface area (Å²) in [5, 5.41) is 2.81. The van der Waals surface area contributed by atoms with Gasteiger partial charge in [0.2, 0.25) is 0 Å². The van der Waals surface area contributed by atoms with Crippen molar-refractivity contribution >= 4 is 17.3 Å². The lowest BCUT2D eigenvalue weighted by Gasteiger charge is -2.08. The number of rotatable bonds is 4. The van der Waals surface area contributed by atoms with E-state index in [4.69, 9.17) is 0 Å². The van der Waals surface area contributed by atoms with E-state index in [1.807, 2.05) is 12.1 Å². The molecule has 0 bridgehead atoms. The van der Waals surface area contributed by atoms with E-state index in [-0.39, 0.29) is 12.5 Å². The summed E-state index contributed by atoms with van der Waals surface area (Å²) >= 11 is 0. The van der Waals surface area contributed by atoms with E-state index < -0.39 is 11.7 Å². The molecule has 0 radical (unpaired) electrons. The fourth-order valence-electron chi connectivity index (χ4n) is 3.21. The molecule has 4 rings (SSSR count). The molecule has 1 aromatic heterocycles. The van der Waals surface area contributed by atoms with Gasteiger partial charge in [0.05, 0.1) is 34.8 Å². The van der Waals surface area contributed by atoms with Crippen LogP contribution in [0, 0.1) is 0 Å². The van der Waals surface area contributed by atoms with Gasteiger partial charge in [-0.05, 0) is 41.5 Å². The van der Waals surface area contributed by atoms with Gasteiger partial charge in [-0.25, -0.2) is 0 Å². The maximum atomic E-state index is 13.0. The van der Waals surface area contributed by atoms with Gasteiger partial charge in [-0.3, -0.25) is 14.8 Å². The molecule has 0 unspecified atom stereocenters. The lowest BCUT2D eigenvalue weighted by atomic mass is 10.0. The summed E-state index contributed by atoms with van der Waals surface area (Å²) in [5.41, 5.74) is 2.61. The second-order valence-electron chi connectivity index (χ2n) is 6.63. The van der Waals surface area contributed by atoms with E-state index in [1.165, 1.54) is 6.07 Å². The highest BCUT2D eigenvalue weighted by Gasteiger charge is 2.31. The summed E-state index contributed by atoms with van der Waals surface area (Å²) in [4.78, 5) is 21.3. The van der Waals surface area contributed by atoms with Crippen molar-refractivity contribution in [3.8, 4) is 0 Å². The number of carbonyl (C=O) groups excluding carboxylic acids is 1. The zero-order valence-corrected chi connectivity index (χ0v) is 15.2. The Morgan fingerprint density at radius 2 is 1.86 bits per heavy atom. The first-order chi connectivity index (χ1) is 13.9. The van der Waals surface area contributed by atoms with Crippen LogP contribution < -0.4 is 5.32 Å². The predicted molar refractivity (Wildman–Crippen MR) is 103 cm³/mol. The lowest BCUT2D eigenvalue weighted by Crippen LogP contribution is -2.23. The van der Waals surface area contributed by atoms with Crippen LogP contribution in [0.15, 0.2) is 71.9 Å². The van der Waals surface area contributed by atoms with Gasteiger partial charge in [0.25, 0.3) is 5.91 Å². The number of fused-ring (bicyclic) bond motifs is 1. The van der Waals surface area contributed by atoms with Crippen molar-refractivity contribution in [1.29, 1.82) is 0 Å². The van der Waals surface area contributed by atoms with Crippen molar-refractivity contribution in [2.24, 2.45) is 4.99 Å². The second kappa shape index (κ2) is 7.50. The van der Waals surface area contributed by atoms with Crippen molar-refractivity contribution < 1.29 is 18.0 Å². The molecule has 0 saturated heterocycles. The number of nitrogens with zero attached hydrogens (tertiary/aromatic N) is 2. The highest BCUT2D eigenvalue weighted by Crippen LogP contribution is 2.34. The summed E-state index contributed by atoms with van der Waals surface area (Å²) < 4.78 is 39.0. The van der Waals surface area contributed by atoms with Crippen LogP contribution in [-0.2, 0) is 19.1 Å². The van der Waals surface area contributed by atoms with Crippen molar-refractivity contribution in [2.75, 3.05) is 0 Å². The number of aliphatic imine (C=N–C) groups is 1. The zero-order chi connectivity index (χ0) is 20.4. The monoisotopic (exact) mass is 395 g/mol. The van der Waals surface area contributed by atoms with E-state index in [1.54, 1.807) is 36.5 Å². The molecule has 3 aromatic rings. The van der Waals surface area contributed by atoms with Crippen LogP contribution in [0.25, 0.3) is 0 Å². The third kappa shape index (κ3) is 4.03. The molecule has 1 aliphatic heterocycles. The summed E-state index contributed by atoms with van der Waals surface area (Å²) in [6, 6.07) is 15.7. The number of alkyl halides is 3. The number of amides is 1. The SMILES string of the molecule is O=C(NCc1ccccn1)c1cccc2c1N=C(c1cccc(C(F)(F)F)c1)C2. The summed E-state index contributed by atoms with van der Waals surface area (Å²) in [6.07, 6.45) is -2.40. The quantitative estimate of drug-likeness (QED) is 0.696. The smallest absolute Gasteiger partial charge is 0.346 e. The first-order valence-corrected chi connectivity index (χ1v) is 8.97. The number of carbonyl (C=O) groups is 1. The minimum atomic E-state index is -4.42. The van der Waals surface area contributed by atoms with Gasteiger partial charge in [0.1, 0.15) is 0 Å². The average Bonchev–Trinajstić information content (AvgIpc) is 3.17. The number of nitrogens with one attached hydrogen (secondary N) is 1. The van der Waals surface area contributed by atoms with Crippen LogP contribution in [0.4, 0.5) is 18.9 Å². The lowest BCUT2D eigenvalue weighted by molar-refractivity contribution is -0.137. The second-order valence-corrected chi connectivity index (χ2v) is 6.63. The Morgan fingerprint density at radius 1 is 1.03 bits per heavy atom. The highest BCUT2D eigenvalue weighted by molar-refractivity contribution is 6.10. The zero-order valence-electron chi connectivity index (χ0n) is 15.2. The van der Waals surface area contributed by atoms with Crippen LogP contribution in [-0.4, -0.2) is 16.6 Å². The minimum Gasteiger partial charge on any atom is -0.346 e. The number of aromatic nitrogens is 1. The van der Waals surface area contributed by atoms with E-state index >= 15 is 0 Å². The first kappa shape index (κ1) is 18.9. The van der Waals surface area contributed by atoms with Crippen LogP contribution >= 0.6 is 0 Å². The topological polar surface area (TPSA) is 54.4 Å². The molecule has 4 nitrogen and oxygen atoms in total. The van der Waals surface area contributed by atoms with Crippen molar-refractivity contribution in [3.05, 3.63) is 94.8 Å². The van der Waals surface area contributed by atoms with Gasteiger partial charge < -0.3 is 5.32 Å². The molecular weight excluding hydrogens is 379 g/mol. The van der Waals surface area contributed by atoms with Gasteiger partial charge in [0, 0.05) is 12.6 Å². The number of benzene rings is 2. The van der Waals surface area contributed by atoms with Crippen molar-refractivity contribution in [3.63, 3.8) is 0 Å². The fraction of sp³-hybridized carbons (Fsp3) is 0.136. The van der Waals surface area contributed by atoms with Crippen LogP contribution in [0.2, 0.25) is 0 Å². The molecular formula is C22H16F3N3O. The fourth-order valence-corrected chi connectivity index (χ4v) is 3.21. The molecule has 2 heterocycles. The number of hydrogen-bond acceptors (Lipinski definition) is 3. The van der Waals surface area contributed by atoms with Crippen LogP contribution in [0.3, 0.4) is 0 Å². The Bertz CT molecular complexity index is 1090. The number of pyridine rings is 1. The third-order valence-electron chi connectivity index (χ3n) is 4.65. The molecule has 29 heavy (non-hydrogen) atoms. The number of halogens is 3. The van der Waals surface area contributed by atoms with E-state index in [2.05, 4.69) is 15.3 Å². The summed E-state index contributed by atoms with van der Waals surface area (Å²) in [6.45, 7) is 0.271. The molecule has 0 fully saturated rings. The predicted octanol–water partition coefficient (Wildman–Crippen LogP) is 4.71. The van der Waals surface area contributed by atoms with E-state index in [0.29, 0.717) is 28.9 Å². The Balaban J connectivity index is 1.59. The number of para-hydroxylation sites is 1. The van der Waals surface area contributed by atoms with Gasteiger partial charge in [-0.15, -0.1) is 0 Å². The molecule has 1 aliphatic rings. The van der Waals surface area contributed by atoms with Gasteiger partial charge in [0.15, 0.2) is 0 Å².